The van der Waals surface area contributed by atoms with Gasteiger partial charge in [0.25, 0.3) is 0 Å². The number of methoxy groups -OCH3 is 1. The molecule has 0 bridgehead atoms. The minimum Gasteiger partial charge on any atom is -0.497 e. The van der Waals surface area contributed by atoms with Gasteiger partial charge in [-0.2, -0.15) is 0 Å². The second kappa shape index (κ2) is 5.87. The number of ether oxygens (including phenoxy) is 2. The minimum absolute atomic E-state index is 0.0691. The van der Waals surface area contributed by atoms with Gasteiger partial charge in [0, 0.05) is 0 Å². The molecule has 0 fully saturated rings. The molecule has 0 aliphatic rings. The van der Waals surface area contributed by atoms with Gasteiger partial charge in [-0.05, 0) is 17.7 Å². The Balaban J connectivity index is 2.53. The molecule has 16 heavy (non-hydrogen) atoms. The molecule has 0 saturated carbocycles. The van der Waals surface area contributed by atoms with Crippen LogP contribution < -0.4 is 4.74 Å². The molecule has 1 rings (SSSR count). The molecule has 1 N–H and O–H groups in total. The minimum atomic E-state index is -1.41. The van der Waals surface area contributed by atoms with Crippen LogP contribution in [0, 0.1) is 0 Å². The zero-order chi connectivity index (χ0) is 12.0. The van der Waals surface area contributed by atoms with Crippen LogP contribution in [0.4, 0.5) is 0 Å². The van der Waals surface area contributed by atoms with Gasteiger partial charge in [-0.3, -0.25) is 4.79 Å². The summed E-state index contributed by atoms with van der Waals surface area (Å²) in [6.07, 6.45) is -1.16. The third-order valence-electron chi connectivity index (χ3n) is 1.96. The molecule has 0 saturated heterocycles. The predicted octanol–water partition coefficient (Wildman–Crippen LogP) is 0.864. The summed E-state index contributed by atoms with van der Waals surface area (Å²) in [6.45, 7) is 0.0691. The van der Waals surface area contributed by atoms with Gasteiger partial charge in [-0.1, -0.05) is 12.1 Å². The number of rotatable bonds is 6. The van der Waals surface area contributed by atoms with Crippen molar-refractivity contribution in [1.29, 1.82) is 0 Å². The Kier molecular flexibility index (Phi) is 4.47. The van der Waals surface area contributed by atoms with E-state index in [1.54, 1.807) is 31.4 Å². The van der Waals surface area contributed by atoms with E-state index in [2.05, 4.69) is 0 Å². The lowest BCUT2D eigenvalue weighted by Crippen LogP contribution is -2.25. The number of hydrogen-bond acceptors (Lipinski definition) is 4. The van der Waals surface area contributed by atoms with Crippen molar-refractivity contribution in [2.45, 2.75) is 12.7 Å². The van der Waals surface area contributed by atoms with Crippen LogP contribution in [0.15, 0.2) is 24.3 Å². The van der Waals surface area contributed by atoms with E-state index < -0.39 is 12.1 Å². The highest BCUT2D eigenvalue weighted by atomic mass is 16.5. The summed E-state index contributed by atoms with van der Waals surface area (Å²) in [6, 6.07) is 6.94. The number of carbonyl (C=O) groups is 2. The number of aliphatic carboxylic acids is 1. The van der Waals surface area contributed by atoms with Gasteiger partial charge >= 0.3 is 5.97 Å². The Morgan fingerprint density at radius 2 is 2.06 bits per heavy atom. The normalized spacial score (nSPS) is 11.8. The molecule has 0 heterocycles. The second-order valence-corrected chi connectivity index (χ2v) is 3.05. The highest BCUT2D eigenvalue weighted by Gasteiger charge is 2.16. The molecule has 0 aromatic heterocycles. The molecule has 1 atom stereocenters. The van der Waals surface area contributed by atoms with Crippen molar-refractivity contribution in [2.24, 2.45) is 0 Å². The number of benzene rings is 1. The van der Waals surface area contributed by atoms with Crippen molar-refractivity contribution >= 4 is 12.3 Å². The number of aldehydes is 1. The summed E-state index contributed by atoms with van der Waals surface area (Å²) in [5, 5.41) is 8.56. The van der Waals surface area contributed by atoms with Crippen LogP contribution in [0.2, 0.25) is 0 Å². The molecular formula is C11H12O5. The molecule has 5 nitrogen and oxygen atoms in total. The molecule has 0 aliphatic heterocycles. The topological polar surface area (TPSA) is 72.8 Å². The van der Waals surface area contributed by atoms with E-state index >= 15 is 0 Å². The standard InChI is InChI=1S/C11H12O5/c1-15-9-4-2-8(3-5-9)7-16-10(6-12)11(13)14/h2-6,10H,7H2,1H3,(H,13,14). The quantitative estimate of drug-likeness (QED) is 0.573. The van der Waals surface area contributed by atoms with Gasteiger partial charge in [0.2, 0.25) is 6.10 Å². The number of carboxylic acids is 1. The molecular weight excluding hydrogens is 212 g/mol. The summed E-state index contributed by atoms with van der Waals surface area (Å²) in [4.78, 5) is 20.8. The highest BCUT2D eigenvalue weighted by Crippen LogP contribution is 2.12. The van der Waals surface area contributed by atoms with Crippen LogP contribution in [0.3, 0.4) is 0 Å². The first-order valence-electron chi connectivity index (χ1n) is 4.60. The Hall–Kier alpha value is -1.88. The van der Waals surface area contributed by atoms with Gasteiger partial charge in [0.1, 0.15) is 5.75 Å². The lowest BCUT2D eigenvalue weighted by molar-refractivity contribution is -0.153. The molecule has 1 aromatic carbocycles. The fraction of sp³-hybridized carbons (Fsp3) is 0.273. The maximum Gasteiger partial charge on any atom is 0.340 e. The van der Waals surface area contributed by atoms with Gasteiger partial charge in [0.15, 0.2) is 6.29 Å². The molecule has 86 valence electrons. The van der Waals surface area contributed by atoms with E-state index in [9.17, 15) is 9.59 Å². The summed E-state index contributed by atoms with van der Waals surface area (Å²) >= 11 is 0. The third kappa shape index (κ3) is 3.36. The van der Waals surface area contributed by atoms with Gasteiger partial charge in [-0.25, -0.2) is 4.79 Å². The predicted molar refractivity (Wildman–Crippen MR) is 55.3 cm³/mol. The van der Waals surface area contributed by atoms with Crippen LogP contribution >= 0.6 is 0 Å². The lowest BCUT2D eigenvalue weighted by Gasteiger charge is -2.07. The SMILES string of the molecule is COc1ccc(COC(C=O)C(=O)O)cc1. The molecule has 0 spiro atoms. The third-order valence-corrected chi connectivity index (χ3v) is 1.96. The van der Waals surface area contributed by atoms with Crippen molar-refractivity contribution in [1.82, 2.24) is 0 Å². The zero-order valence-electron chi connectivity index (χ0n) is 8.75. The summed E-state index contributed by atoms with van der Waals surface area (Å²) in [7, 11) is 1.55. The van der Waals surface area contributed by atoms with Crippen LogP contribution in [0.5, 0.6) is 5.75 Å². The average molecular weight is 224 g/mol. The Labute approximate surface area is 92.6 Å². The molecule has 0 radical (unpaired) electrons. The van der Waals surface area contributed by atoms with E-state index in [1.807, 2.05) is 0 Å². The Morgan fingerprint density at radius 3 is 2.50 bits per heavy atom. The first-order valence-corrected chi connectivity index (χ1v) is 4.60. The van der Waals surface area contributed by atoms with Gasteiger partial charge in [-0.15, -0.1) is 0 Å². The van der Waals surface area contributed by atoms with Crippen LogP contribution in [0.1, 0.15) is 5.56 Å². The molecule has 1 unspecified atom stereocenters. The largest absolute Gasteiger partial charge is 0.497 e. The van der Waals surface area contributed by atoms with Crippen molar-refractivity contribution in [3.63, 3.8) is 0 Å². The summed E-state index contributed by atoms with van der Waals surface area (Å²) in [5.74, 6) is -0.586. The fourth-order valence-corrected chi connectivity index (χ4v) is 1.08. The molecule has 0 aliphatic carbocycles. The van der Waals surface area contributed by atoms with Crippen molar-refractivity contribution in [3.05, 3.63) is 29.8 Å². The van der Waals surface area contributed by atoms with Crippen molar-refractivity contribution in [2.75, 3.05) is 7.11 Å². The molecule has 1 aromatic rings. The van der Waals surface area contributed by atoms with Crippen LogP contribution in [-0.2, 0) is 20.9 Å². The van der Waals surface area contributed by atoms with Gasteiger partial charge in [0.05, 0.1) is 13.7 Å². The van der Waals surface area contributed by atoms with E-state index in [4.69, 9.17) is 14.6 Å². The van der Waals surface area contributed by atoms with Crippen molar-refractivity contribution in [3.8, 4) is 5.75 Å². The second-order valence-electron chi connectivity index (χ2n) is 3.05. The summed E-state index contributed by atoms with van der Waals surface area (Å²) < 4.78 is 9.87. The average Bonchev–Trinajstić information content (AvgIpc) is 2.30. The monoisotopic (exact) mass is 224 g/mol. The number of carboxylic acid groups (broad SMARTS) is 1. The smallest absolute Gasteiger partial charge is 0.340 e. The first kappa shape index (κ1) is 12.2. The first-order chi connectivity index (χ1) is 7.67. The van der Waals surface area contributed by atoms with Crippen LogP contribution in [0.25, 0.3) is 0 Å². The van der Waals surface area contributed by atoms with E-state index in [1.165, 1.54) is 0 Å². The lowest BCUT2D eigenvalue weighted by atomic mass is 10.2. The highest BCUT2D eigenvalue weighted by molar-refractivity contribution is 5.89. The van der Waals surface area contributed by atoms with Crippen LogP contribution in [-0.4, -0.2) is 30.6 Å². The Bertz CT molecular complexity index is 357. The molecule has 0 amide bonds. The maximum atomic E-state index is 10.5. The zero-order valence-corrected chi connectivity index (χ0v) is 8.75. The van der Waals surface area contributed by atoms with E-state index in [0.717, 1.165) is 5.56 Å². The molecule has 5 heteroatoms. The van der Waals surface area contributed by atoms with E-state index in [0.29, 0.717) is 5.75 Å². The number of hydrogen-bond donors (Lipinski definition) is 1. The number of carbonyl (C=O) groups excluding carboxylic acids is 1. The maximum absolute atomic E-state index is 10.5. The van der Waals surface area contributed by atoms with Crippen molar-refractivity contribution < 1.29 is 24.2 Å². The van der Waals surface area contributed by atoms with Gasteiger partial charge < -0.3 is 14.6 Å². The summed E-state index contributed by atoms with van der Waals surface area (Å²) in [5.41, 5.74) is 0.772. The van der Waals surface area contributed by atoms with E-state index in [-0.39, 0.29) is 12.9 Å². The Morgan fingerprint density at radius 1 is 1.44 bits per heavy atom. The fourth-order valence-electron chi connectivity index (χ4n) is 1.08.